The van der Waals surface area contributed by atoms with Gasteiger partial charge in [-0.25, -0.2) is 9.78 Å². The molecule has 2 aromatic rings. The number of thioether (sulfide) groups is 1. The van der Waals surface area contributed by atoms with Crippen LogP contribution in [0.3, 0.4) is 0 Å². The van der Waals surface area contributed by atoms with Crippen LogP contribution in [0.2, 0.25) is 0 Å². The number of thiophene rings is 1. The first-order valence-corrected chi connectivity index (χ1v) is 10.3. The van der Waals surface area contributed by atoms with E-state index >= 15 is 0 Å². The standard InChI is InChI=1S/C17H24N4O3S2/c1-6-21-15(23)13-10(4)11(5)26-14(13)20-17(21)25-8-12(22)19-16(24)18-7-9(2)3/h9H,6-8H2,1-5H3,(H2,18,19,22,24). The molecule has 0 spiro atoms. The molecule has 0 aliphatic rings. The number of carbonyl (C=O) groups excluding carboxylic acids is 2. The first-order chi connectivity index (χ1) is 12.2. The maximum absolute atomic E-state index is 12.7. The van der Waals surface area contributed by atoms with Gasteiger partial charge in [-0.05, 0) is 32.3 Å². The largest absolute Gasteiger partial charge is 0.338 e. The number of hydrogen-bond acceptors (Lipinski definition) is 6. The van der Waals surface area contributed by atoms with Gasteiger partial charge in [0.15, 0.2) is 5.16 Å². The van der Waals surface area contributed by atoms with Crippen LogP contribution in [0.4, 0.5) is 4.79 Å². The lowest BCUT2D eigenvalue weighted by molar-refractivity contribution is -0.117. The molecule has 2 N–H and O–H groups in total. The van der Waals surface area contributed by atoms with Crippen LogP contribution in [-0.2, 0) is 11.3 Å². The van der Waals surface area contributed by atoms with Crippen molar-refractivity contribution in [2.24, 2.45) is 5.92 Å². The minimum absolute atomic E-state index is 0.0103. The van der Waals surface area contributed by atoms with Crippen LogP contribution in [0.5, 0.6) is 0 Å². The average Bonchev–Trinajstić information content (AvgIpc) is 2.85. The predicted octanol–water partition coefficient (Wildman–Crippen LogP) is 2.67. The van der Waals surface area contributed by atoms with E-state index in [1.54, 1.807) is 4.57 Å². The molecule has 142 valence electrons. The van der Waals surface area contributed by atoms with E-state index in [0.717, 1.165) is 22.2 Å². The van der Waals surface area contributed by atoms with E-state index in [4.69, 9.17) is 0 Å². The van der Waals surface area contributed by atoms with E-state index in [-0.39, 0.29) is 11.3 Å². The van der Waals surface area contributed by atoms with Crippen LogP contribution < -0.4 is 16.2 Å². The lowest BCUT2D eigenvalue weighted by atomic mass is 10.2. The van der Waals surface area contributed by atoms with Crippen LogP contribution in [0.15, 0.2) is 9.95 Å². The van der Waals surface area contributed by atoms with Crippen LogP contribution in [0.1, 0.15) is 31.2 Å². The van der Waals surface area contributed by atoms with Crippen LogP contribution in [0.25, 0.3) is 10.2 Å². The summed E-state index contributed by atoms with van der Waals surface area (Å²) in [4.78, 5) is 42.7. The molecule has 0 unspecified atom stereocenters. The van der Waals surface area contributed by atoms with Crippen LogP contribution >= 0.6 is 23.1 Å². The zero-order valence-corrected chi connectivity index (χ0v) is 17.3. The number of nitrogens with zero attached hydrogens (tertiary/aromatic N) is 2. The molecule has 0 atom stereocenters. The zero-order valence-electron chi connectivity index (χ0n) is 15.6. The lowest BCUT2D eigenvalue weighted by Gasteiger charge is -2.11. The number of nitrogens with one attached hydrogen (secondary N) is 2. The number of hydrogen-bond donors (Lipinski definition) is 2. The van der Waals surface area contributed by atoms with E-state index in [1.165, 1.54) is 11.3 Å². The van der Waals surface area contributed by atoms with Gasteiger partial charge in [-0.1, -0.05) is 25.6 Å². The van der Waals surface area contributed by atoms with Gasteiger partial charge in [-0.3, -0.25) is 19.5 Å². The number of amides is 3. The molecular formula is C17H24N4O3S2. The molecule has 2 aromatic heterocycles. The fourth-order valence-corrected chi connectivity index (χ4v) is 4.27. The van der Waals surface area contributed by atoms with E-state index in [1.807, 2.05) is 34.6 Å². The van der Waals surface area contributed by atoms with Crippen LogP contribution in [0, 0.1) is 19.8 Å². The number of aryl methyl sites for hydroxylation is 2. The summed E-state index contributed by atoms with van der Waals surface area (Å²) in [6.07, 6.45) is 0. The first kappa shape index (κ1) is 20.4. The fraction of sp³-hybridized carbons (Fsp3) is 0.529. The number of urea groups is 1. The summed E-state index contributed by atoms with van der Waals surface area (Å²) < 4.78 is 1.57. The Morgan fingerprint density at radius 3 is 2.62 bits per heavy atom. The molecule has 0 saturated carbocycles. The lowest BCUT2D eigenvalue weighted by Crippen LogP contribution is -2.41. The van der Waals surface area contributed by atoms with Crippen molar-refractivity contribution in [2.75, 3.05) is 12.3 Å². The van der Waals surface area contributed by atoms with Crippen molar-refractivity contribution in [1.82, 2.24) is 20.2 Å². The summed E-state index contributed by atoms with van der Waals surface area (Å²) in [5.74, 6) is -0.110. The summed E-state index contributed by atoms with van der Waals surface area (Å²) in [6.45, 7) is 10.7. The average molecular weight is 397 g/mol. The van der Waals surface area contributed by atoms with E-state index in [0.29, 0.717) is 34.4 Å². The van der Waals surface area contributed by atoms with Gasteiger partial charge in [-0.15, -0.1) is 11.3 Å². The van der Waals surface area contributed by atoms with E-state index in [2.05, 4.69) is 15.6 Å². The predicted molar refractivity (Wildman–Crippen MR) is 106 cm³/mol. The zero-order chi connectivity index (χ0) is 19.4. The third-order valence-corrected chi connectivity index (χ3v) is 5.90. The molecule has 9 heteroatoms. The molecule has 3 amide bonds. The highest BCUT2D eigenvalue weighted by molar-refractivity contribution is 7.99. The molecule has 0 aliphatic heterocycles. The van der Waals surface area contributed by atoms with Crippen molar-refractivity contribution < 1.29 is 9.59 Å². The number of carbonyl (C=O) groups is 2. The molecule has 0 aliphatic carbocycles. The Labute approximate surface area is 160 Å². The van der Waals surface area contributed by atoms with E-state index in [9.17, 15) is 14.4 Å². The Morgan fingerprint density at radius 1 is 1.31 bits per heavy atom. The summed E-state index contributed by atoms with van der Waals surface area (Å²) in [7, 11) is 0. The number of imide groups is 1. The smallest absolute Gasteiger partial charge is 0.321 e. The van der Waals surface area contributed by atoms with Gasteiger partial charge in [0, 0.05) is 18.0 Å². The van der Waals surface area contributed by atoms with Gasteiger partial charge in [0.05, 0.1) is 11.1 Å². The van der Waals surface area contributed by atoms with Crippen molar-refractivity contribution in [3.05, 3.63) is 20.8 Å². The van der Waals surface area contributed by atoms with Crippen molar-refractivity contribution in [2.45, 2.75) is 46.3 Å². The molecular weight excluding hydrogens is 372 g/mol. The van der Waals surface area contributed by atoms with Crippen molar-refractivity contribution in [1.29, 1.82) is 0 Å². The van der Waals surface area contributed by atoms with E-state index < -0.39 is 11.9 Å². The highest BCUT2D eigenvalue weighted by Crippen LogP contribution is 2.28. The minimum atomic E-state index is -0.509. The van der Waals surface area contributed by atoms with Crippen molar-refractivity contribution >= 4 is 45.3 Å². The SMILES string of the molecule is CCn1c(SCC(=O)NC(=O)NCC(C)C)nc2sc(C)c(C)c2c1=O. The number of fused-ring (bicyclic) bond motifs is 1. The Kier molecular flexibility index (Phi) is 6.82. The summed E-state index contributed by atoms with van der Waals surface area (Å²) in [5.41, 5.74) is 0.873. The molecule has 0 radical (unpaired) electrons. The van der Waals surface area contributed by atoms with Gasteiger partial charge in [0.25, 0.3) is 5.56 Å². The van der Waals surface area contributed by atoms with Gasteiger partial charge in [0.1, 0.15) is 4.83 Å². The summed E-state index contributed by atoms with van der Waals surface area (Å²) in [5, 5.41) is 6.05. The van der Waals surface area contributed by atoms with Gasteiger partial charge in [0.2, 0.25) is 5.91 Å². The van der Waals surface area contributed by atoms with Gasteiger partial charge in [-0.2, -0.15) is 0 Å². The quantitative estimate of drug-likeness (QED) is 0.578. The second kappa shape index (κ2) is 8.68. The van der Waals surface area contributed by atoms with Gasteiger partial charge < -0.3 is 5.32 Å². The van der Waals surface area contributed by atoms with Crippen molar-refractivity contribution in [3.63, 3.8) is 0 Å². The monoisotopic (exact) mass is 396 g/mol. The maximum atomic E-state index is 12.7. The molecule has 0 bridgehead atoms. The third kappa shape index (κ3) is 4.64. The molecule has 2 heterocycles. The Morgan fingerprint density at radius 2 is 2.00 bits per heavy atom. The minimum Gasteiger partial charge on any atom is -0.338 e. The molecule has 0 fully saturated rings. The Balaban J connectivity index is 2.12. The fourth-order valence-electron chi connectivity index (χ4n) is 2.33. The summed E-state index contributed by atoms with van der Waals surface area (Å²) >= 11 is 2.63. The second-order valence-corrected chi connectivity index (χ2v) is 8.49. The number of rotatable bonds is 6. The Hall–Kier alpha value is -1.87. The highest BCUT2D eigenvalue weighted by Gasteiger charge is 2.17. The molecule has 26 heavy (non-hydrogen) atoms. The van der Waals surface area contributed by atoms with Crippen molar-refractivity contribution in [3.8, 4) is 0 Å². The maximum Gasteiger partial charge on any atom is 0.321 e. The second-order valence-electron chi connectivity index (χ2n) is 6.35. The molecule has 2 rings (SSSR count). The molecule has 0 saturated heterocycles. The highest BCUT2D eigenvalue weighted by atomic mass is 32.2. The number of aromatic nitrogens is 2. The first-order valence-electron chi connectivity index (χ1n) is 8.45. The summed E-state index contributed by atoms with van der Waals surface area (Å²) in [6, 6.07) is -0.509. The third-order valence-electron chi connectivity index (χ3n) is 3.83. The Bertz CT molecular complexity index is 886. The molecule has 0 aromatic carbocycles. The van der Waals surface area contributed by atoms with Gasteiger partial charge >= 0.3 is 6.03 Å². The van der Waals surface area contributed by atoms with Crippen LogP contribution in [-0.4, -0.2) is 33.8 Å². The topological polar surface area (TPSA) is 93.1 Å². The molecule has 7 nitrogen and oxygen atoms in total. The normalized spacial score (nSPS) is 11.2.